The van der Waals surface area contributed by atoms with E-state index in [1.807, 2.05) is 32.0 Å². The number of likely N-dealkylation sites (tertiary alicyclic amines) is 1. The number of hydrogen-bond acceptors (Lipinski definition) is 4. The van der Waals surface area contributed by atoms with E-state index < -0.39 is 17.6 Å². The number of nitrogens with zero attached hydrogens (tertiary/aromatic N) is 1. The van der Waals surface area contributed by atoms with Gasteiger partial charge in [-0.25, -0.2) is 0 Å². The molecular weight excluding hydrogens is 296 g/mol. The molecule has 0 unspecified atom stereocenters. The fourth-order valence-corrected chi connectivity index (χ4v) is 3.03. The number of aryl methyl sites for hydroxylation is 2. The van der Waals surface area contributed by atoms with E-state index in [4.69, 9.17) is 9.47 Å². The summed E-state index contributed by atoms with van der Waals surface area (Å²) < 4.78 is 11.3. The molecule has 2 saturated heterocycles. The third-order valence-corrected chi connectivity index (χ3v) is 4.46. The molecule has 2 aliphatic heterocycles. The van der Waals surface area contributed by atoms with Crippen LogP contribution in [0.1, 0.15) is 24.0 Å². The fraction of sp³-hybridized carbons (Fsp3) is 0.529. The van der Waals surface area contributed by atoms with Crippen LogP contribution in [-0.2, 0) is 19.1 Å². The maximum atomic E-state index is 12.3. The first-order chi connectivity index (χ1) is 11.0. The summed E-state index contributed by atoms with van der Waals surface area (Å²) in [7, 11) is 0. The lowest BCUT2D eigenvalue weighted by molar-refractivity contribution is -0.187. The van der Waals surface area contributed by atoms with Crippen molar-refractivity contribution < 1.29 is 19.1 Å². The average molecular weight is 318 g/mol. The number of nitrogens with one attached hydrogen (secondary N) is 1. The highest BCUT2D eigenvalue weighted by Gasteiger charge is 2.41. The first-order valence-corrected chi connectivity index (χ1v) is 7.95. The number of piperidine rings is 1. The molecule has 6 heteroatoms. The van der Waals surface area contributed by atoms with E-state index >= 15 is 0 Å². The Bertz CT molecular complexity index is 613. The largest absolute Gasteiger partial charge is 0.347 e. The lowest BCUT2D eigenvalue weighted by atomic mass is 10.0. The van der Waals surface area contributed by atoms with Gasteiger partial charge in [-0.3, -0.25) is 9.59 Å². The van der Waals surface area contributed by atoms with Crippen molar-refractivity contribution in [3.63, 3.8) is 0 Å². The van der Waals surface area contributed by atoms with Crippen LogP contribution in [0.3, 0.4) is 0 Å². The summed E-state index contributed by atoms with van der Waals surface area (Å²) in [5, 5.41) is 2.72. The molecule has 0 radical (unpaired) electrons. The second-order valence-electron chi connectivity index (χ2n) is 6.17. The van der Waals surface area contributed by atoms with Crippen molar-refractivity contribution in [3.05, 3.63) is 29.3 Å². The molecule has 3 rings (SSSR count). The second kappa shape index (κ2) is 6.29. The topological polar surface area (TPSA) is 67.9 Å². The molecule has 0 atom stereocenters. The van der Waals surface area contributed by atoms with E-state index in [0.717, 1.165) is 11.1 Å². The van der Waals surface area contributed by atoms with Crippen molar-refractivity contribution in [3.8, 4) is 0 Å². The average Bonchev–Trinajstić information content (AvgIpc) is 2.99. The van der Waals surface area contributed by atoms with Crippen molar-refractivity contribution in [1.29, 1.82) is 0 Å². The summed E-state index contributed by atoms with van der Waals surface area (Å²) in [5.74, 6) is -1.64. The SMILES string of the molecule is Cc1ccc(C)c(NC(=O)C(=O)N2CCC3(CC2)OCCO3)c1. The molecule has 0 aliphatic carbocycles. The zero-order chi connectivity index (χ0) is 16.4. The van der Waals surface area contributed by atoms with Crippen LogP contribution in [0.5, 0.6) is 0 Å². The third kappa shape index (κ3) is 3.38. The number of benzene rings is 1. The molecule has 6 nitrogen and oxygen atoms in total. The van der Waals surface area contributed by atoms with Crippen molar-refractivity contribution in [2.24, 2.45) is 0 Å². The maximum absolute atomic E-state index is 12.3. The van der Waals surface area contributed by atoms with E-state index in [2.05, 4.69) is 5.32 Å². The minimum atomic E-state index is -0.595. The minimum absolute atomic E-state index is 0.471. The van der Waals surface area contributed by atoms with E-state index in [1.165, 1.54) is 0 Å². The summed E-state index contributed by atoms with van der Waals surface area (Å²) in [6.07, 6.45) is 1.21. The zero-order valence-corrected chi connectivity index (χ0v) is 13.6. The van der Waals surface area contributed by atoms with E-state index in [0.29, 0.717) is 44.8 Å². The maximum Gasteiger partial charge on any atom is 0.313 e. The van der Waals surface area contributed by atoms with Crippen LogP contribution in [0.4, 0.5) is 5.69 Å². The number of anilines is 1. The van der Waals surface area contributed by atoms with Crippen LogP contribution >= 0.6 is 0 Å². The Kier molecular flexibility index (Phi) is 4.37. The minimum Gasteiger partial charge on any atom is -0.347 e. The molecule has 1 N–H and O–H groups in total. The van der Waals surface area contributed by atoms with Crippen molar-refractivity contribution in [2.75, 3.05) is 31.6 Å². The number of carbonyl (C=O) groups excluding carboxylic acids is 2. The van der Waals surface area contributed by atoms with Crippen LogP contribution < -0.4 is 5.32 Å². The Labute approximate surface area is 135 Å². The molecule has 0 bridgehead atoms. The molecule has 2 amide bonds. The fourth-order valence-electron chi connectivity index (χ4n) is 3.03. The highest BCUT2D eigenvalue weighted by molar-refractivity contribution is 6.39. The van der Waals surface area contributed by atoms with E-state index in [1.54, 1.807) is 4.90 Å². The summed E-state index contributed by atoms with van der Waals surface area (Å²) >= 11 is 0. The lowest BCUT2D eigenvalue weighted by Crippen LogP contribution is -2.50. The van der Waals surface area contributed by atoms with Crippen molar-refractivity contribution in [2.45, 2.75) is 32.5 Å². The number of carbonyl (C=O) groups is 2. The van der Waals surface area contributed by atoms with Gasteiger partial charge >= 0.3 is 11.8 Å². The molecule has 23 heavy (non-hydrogen) atoms. The van der Waals surface area contributed by atoms with Gasteiger partial charge in [-0.2, -0.15) is 0 Å². The Morgan fingerprint density at radius 2 is 1.78 bits per heavy atom. The Hall–Kier alpha value is -1.92. The first kappa shape index (κ1) is 16.0. The smallest absolute Gasteiger partial charge is 0.313 e. The van der Waals surface area contributed by atoms with Gasteiger partial charge in [-0.05, 0) is 31.0 Å². The van der Waals surface area contributed by atoms with Gasteiger partial charge in [0.1, 0.15) is 0 Å². The molecule has 1 aromatic rings. The van der Waals surface area contributed by atoms with Gasteiger partial charge in [-0.15, -0.1) is 0 Å². The van der Waals surface area contributed by atoms with Crippen LogP contribution in [0.2, 0.25) is 0 Å². The highest BCUT2D eigenvalue weighted by Crippen LogP contribution is 2.31. The van der Waals surface area contributed by atoms with E-state index in [-0.39, 0.29) is 0 Å². The zero-order valence-electron chi connectivity index (χ0n) is 13.6. The van der Waals surface area contributed by atoms with Gasteiger partial charge in [0, 0.05) is 31.6 Å². The summed E-state index contributed by atoms with van der Waals surface area (Å²) in [5.41, 5.74) is 2.65. The number of hydrogen-bond donors (Lipinski definition) is 1. The first-order valence-electron chi connectivity index (χ1n) is 7.95. The molecule has 1 spiro atoms. The van der Waals surface area contributed by atoms with Gasteiger partial charge in [0.05, 0.1) is 13.2 Å². The normalized spacial score (nSPS) is 19.8. The Morgan fingerprint density at radius 1 is 1.13 bits per heavy atom. The van der Waals surface area contributed by atoms with Gasteiger partial charge in [-0.1, -0.05) is 12.1 Å². The molecule has 2 heterocycles. The quantitative estimate of drug-likeness (QED) is 0.799. The Balaban J connectivity index is 1.60. The van der Waals surface area contributed by atoms with Gasteiger partial charge in [0.25, 0.3) is 0 Å². The molecule has 2 fully saturated rings. The van der Waals surface area contributed by atoms with Crippen molar-refractivity contribution in [1.82, 2.24) is 4.90 Å². The number of rotatable bonds is 1. The van der Waals surface area contributed by atoms with Gasteiger partial charge in [0.15, 0.2) is 5.79 Å². The highest BCUT2D eigenvalue weighted by atomic mass is 16.7. The predicted molar refractivity (Wildman–Crippen MR) is 85.0 cm³/mol. The third-order valence-electron chi connectivity index (χ3n) is 4.46. The van der Waals surface area contributed by atoms with Crippen LogP contribution in [-0.4, -0.2) is 48.8 Å². The second-order valence-corrected chi connectivity index (χ2v) is 6.17. The lowest BCUT2D eigenvalue weighted by Gasteiger charge is -2.37. The van der Waals surface area contributed by atoms with Crippen LogP contribution in [0.25, 0.3) is 0 Å². The Morgan fingerprint density at radius 3 is 2.43 bits per heavy atom. The molecule has 124 valence electrons. The summed E-state index contributed by atoms with van der Waals surface area (Å²) in [6.45, 7) is 5.99. The van der Waals surface area contributed by atoms with Gasteiger partial charge in [0.2, 0.25) is 0 Å². The number of amides is 2. The predicted octanol–water partition coefficient (Wildman–Crippen LogP) is 1.61. The molecular formula is C17H22N2O4. The monoisotopic (exact) mass is 318 g/mol. The standard InChI is InChI=1S/C17H22N2O4/c1-12-3-4-13(2)14(11-12)18-15(20)16(21)19-7-5-17(6-8-19)22-9-10-23-17/h3-4,11H,5-10H2,1-2H3,(H,18,20). The summed E-state index contributed by atoms with van der Waals surface area (Å²) in [6, 6.07) is 5.76. The molecule has 0 saturated carbocycles. The van der Waals surface area contributed by atoms with Crippen LogP contribution in [0, 0.1) is 13.8 Å². The summed E-state index contributed by atoms with van der Waals surface area (Å²) in [4.78, 5) is 26.1. The van der Waals surface area contributed by atoms with Gasteiger partial charge < -0.3 is 19.7 Å². The van der Waals surface area contributed by atoms with E-state index in [9.17, 15) is 9.59 Å². The molecule has 2 aliphatic rings. The molecule has 0 aromatic heterocycles. The molecule has 1 aromatic carbocycles. The van der Waals surface area contributed by atoms with Crippen molar-refractivity contribution >= 4 is 17.5 Å². The number of ether oxygens (including phenoxy) is 2. The van der Waals surface area contributed by atoms with Crippen LogP contribution in [0.15, 0.2) is 18.2 Å².